The van der Waals surface area contributed by atoms with Gasteiger partial charge in [0.05, 0.1) is 0 Å². The van der Waals surface area contributed by atoms with E-state index in [1.54, 1.807) is 0 Å². The van der Waals surface area contributed by atoms with Crippen LogP contribution in [-0.2, 0) is 11.3 Å². The smallest absolute Gasteiger partial charge is 0.423 e. The van der Waals surface area contributed by atoms with Gasteiger partial charge in [-0.2, -0.15) is 0 Å². The van der Waals surface area contributed by atoms with E-state index in [1.807, 2.05) is 37.3 Å². The number of amides is 1. The van der Waals surface area contributed by atoms with Crippen LogP contribution in [0.3, 0.4) is 0 Å². The van der Waals surface area contributed by atoms with Crippen LogP contribution in [0.25, 0.3) is 0 Å². The third kappa shape index (κ3) is 5.20. The second-order valence-corrected chi connectivity index (χ2v) is 5.99. The molecule has 0 fully saturated rings. The van der Waals surface area contributed by atoms with Gasteiger partial charge in [-0.05, 0) is 12.5 Å². The van der Waals surface area contributed by atoms with Crippen LogP contribution in [0.1, 0.15) is 19.4 Å². The summed E-state index contributed by atoms with van der Waals surface area (Å²) in [7, 11) is 2.67. The molecule has 1 N–H and O–H groups in total. The Morgan fingerprint density at radius 3 is 2.67 bits per heavy atom. The van der Waals surface area contributed by atoms with Crippen molar-refractivity contribution in [2.75, 3.05) is 5.75 Å². The molecule has 0 aromatic heterocycles. The predicted octanol–water partition coefficient (Wildman–Crippen LogP) is 3.28. The number of rotatable bonds is 6. The molecule has 0 bridgehead atoms. The molecule has 4 nitrogen and oxygen atoms in total. The molecule has 0 saturated heterocycles. The second kappa shape index (κ2) is 8.29. The van der Waals surface area contributed by atoms with E-state index in [-0.39, 0.29) is 6.61 Å². The van der Waals surface area contributed by atoms with Gasteiger partial charge in [-0.3, -0.25) is 0 Å². The summed E-state index contributed by atoms with van der Waals surface area (Å²) in [6, 6.07) is 9.44. The van der Waals surface area contributed by atoms with Crippen LogP contribution in [-0.4, -0.2) is 27.5 Å². The Labute approximate surface area is 115 Å². The zero-order valence-electron chi connectivity index (χ0n) is 10.4. The van der Waals surface area contributed by atoms with Crippen LogP contribution in [0.2, 0.25) is 0 Å². The van der Waals surface area contributed by atoms with Gasteiger partial charge in [-0.1, -0.05) is 48.0 Å². The second-order valence-electron chi connectivity index (χ2n) is 3.48. The highest BCUT2D eigenvalue weighted by molar-refractivity contribution is 8.75. The van der Waals surface area contributed by atoms with E-state index in [4.69, 9.17) is 4.74 Å². The van der Waals surface area contributed by atoms with Crippen LogP contribution < -0.4 is 0 Å². The maximum atomic E-state index is 11.8. The molecule has 0 heterocycles. The first kappa shape index (κ1) is 15.2. The lowest BCUT2D eigenvalue weighted by molar-refractivity contribution is 0.0578. The minimum atomic E-state index is -0.877. The topological polar surface area (TPSA) is 49.8 Å². The summed E-state index contributed by atoms with van der Waals surface area (Å²) in [4.78, 5) is 11.8. The molecule has 0 aliphatic rings. The Balaban J connectivity index is 2.46. The number of carbonyl (C=O) groups is 1. The first-order valence-electron chi connectivity index (χ1n) is 5.62. The average Bonchev–Trinajstić information content (AvgIpc) is 2.37. The number of nitrogens with zero attached hydrogens (tertiary/aromatic N) is 1. The summed E-state index contributed by atoms with van der Waals surface area (Å²) in [5, 5.41) is 9.50. The molecule has 0 spiro atoms. The van der Waals surface area contributed by atoms with Crippen molar-refractivity contribution in [2.24, 2.45) is 0 Å². The largest absolute Gasteiger partial charge is 0.444 e. The van der Waals surface area contributed by atoms with Crippen LogP contribution >= 0.6 is 21.8 Å². The van der Waals surface area contributed by atoms with Crippen LogP contribution in [0.15, 0.2) is 30.3 Å². The van der Waals surface area contributed by atoms with Gasteiger partial charge in [0, 0.05) is 16.7 Å². The maximum Gasteiger partial charge on any atom is 0.423 e. The van der Waals surface area contributed by atoms with Crippen LogP contribution in [0, 0.1) is 0 Å². The molecule has 1 amide bonds. The van der Waals surface area contributed by atoms with Crippen molar-refractivity contribution in [1.82, 2.24) is 4.31 Å². The SMILES string of the molecule is CCSSN(C(=O)OCc1ccccc1)C(C)O. The molecule has 1 unspecified atom stereocenters. The van der Waals surface area contributed by atoms with Gasteiger partial charge < -0.3 is 9.84 Å². The first-order chi connectivity index (χ1) is 8.65. The van der Waals surface area contributed by atoms with Crippen molar-refractivity contribution in [3.63, 3.8) is 0 Å². The minimum absolute atomic E-state index is 0.209. The third-order valence-electron chi connectivity index (χ3n) is 1.98. The van der Waals surface area contributed by atoms with E-state index < -0.39 is 12.3 Å². The van der Waals surface area contributed by atoms with E-state index in [9.17, 15) is 9.90 Å². The molecule has 1 aromatic rings. The highest BCUT2D eigenvalue weighted by atomic mass is 33.1. The molecular weight excluding hydrogens is 270 g/mol. The van der Waals surface area contributed by atoms with Gasteiger partial charge in [-0.25, -0.2) is 9.10 Å². The molecular formula is C12H17NO3S2. The maximum absolute atomic E-state index is 11.8. The van der Waals surface area contributed by atoms with Crippen molar-refractivity contribution in [2.45, 2.75) is 26.7 Å². The Morgan fingerprint density at radius 2 is 2.11 bits per heavy atom. The molecule has 6 heteroatoms. The molecule has 0 aliphatic heterocycles. The first-order valence-corrected chi connectivity index (χ1v) is 7.90. The van der Waals surface area contributed by atoms with Crippen LogP contribution in [0.5, 0.6) is 0 Å². The van der Waals surface area contributed by atoms with Crippen molar-refractivity contribution >= 4 is 27.9 Å². The Bertz CT molecular complexity index is 360. The van der Waals surface area contributed by atoms with Gasteiger partial charge >= 0.3 is 6.09 Å². The number of aliphatic hydroxyl groups excluding tert-OH is 1. The fourth-order valence-electron chi connectivity index (χ4n) is 1.14. The Hall–Kier alpha value is -0.850. The normalized spacial score (nSPS) is 11.9. The van der Waals surface area contributed by atoms with Crippen molar-refractivity contribution in [3.05, 3.63) is 35.9 Å². The predicted molar refractivity (Wildman–Crippen MR) is 75.9 cm³/mol. The summed E-state index contributed by atoms with van der Waals surface area (Å²) in [5.74, 6) is 0.847. The lowest BCUT2D eigenvalue weighted by Gasteiger charge is -2.22. The lowest BCUT2D eigenvalue weighted by Crippen LogP contribution is -2.32. The molecule has 100 valence electrons. The van der Waals surface area contributed by atoms with Gasteiger partial charge in [0.2, 0.25) is 0 Å². The highest BCUT2D eigenvalue weighted by Gasteiger charge is 2.20. The Morgan fingerprint density at radius 1 is 1.44 bits per heavy atom. The van der Waals surface area contributed by atoms with Crippen molar-refractivity contribution in [1.29, 1.82) is 0 Å². The molecule has 1 aromatic carbocycles. The van der Waals surface area contributed by atoms with Gasteiger partial charge in [-0.15, -0.1) is 0 Å². The zero-order chi connectivity index (χ0) is 13.4. The average molecular weight is 287 g/mol. The quantitative estimate of drug-likeness (QED) is 0.494. The van der Waals surface area contributed by atoms with Gasteiger partial charge in [0.15, 0.2) is 0 Å². The molecule has 0 radical (unpaired) electrons. The number of hydrogen-bond acceptors (Lipinski definition) is 5. The number of benzene rings is 1. The molecule has 18 heavy (non-hydrogen) atoms. The summed E-state index contributed by atoms with van der Waals surface area (Å²) < 4.78 is 6.36. The standard InChI is InChI=1S/C12H17NO3S2/c1-3-17-18-13(10(2)14)12(15)16-9-11-7-5-4-6-8-11/h4-8,10,14H,3,9H2,1-2H3. The fourth-order valence-corrected chi connectivity index (χ4v) is 2.81. The summed E-state index contributed by atoms with van der Waals surface area (Å²) in [6.07, 6.45) is -1.41. The Kier molecular flexibility index (Phi) is 7.00. The van der Waals surface area contributed by atoms with Crippen LogP contribution in [0.4, 0.5) is 4.79 Å². The van der Waals surface area contributed by atoms with Crippen molar-refractivity contribution in [3.8, 4) is 0 Å². The summed E-state index contributed by atoms with van der Waals surface area (Å²) >= 11 is 0. The van der Waals surface area contributed by atoms with Crippen molar-refractivity contribution < 1.29 is 14.6 Å². The molecule has 0 aliphatic carbocycles. The summed E-state index contributed by atoms with van der Waals surface area (Å²) in [5.41, 5.74) is 0.921. The van der Waals surface area contributed by atoms with E-state index >= 15 is 0 Å². The molecule has 1 rings (SSSR count). The number of ether oxygens (including phenoxy) is 1. The summed E-state index contributed by atoms with van der Waals surface area (Å²) in [6.45, 7) is 3.72. The third-order valence-corrected chi connectivity index (χ3v) is 4.44. The highest BCUT2D eigenvalue weighted by Crippen LogP contribution is 2.28. The van der Waals surface area contributed by atoms with E-state index in [2.05, 4.69) is 0 Å². The zero-order valence-corrected chi connectivity index (χ0v) is 12.0. The minimum Gasteiger partial charge on any atom is -0.444 e. The number of aliphatic hydroxyl groups is 1. The monoisotopic (exact) mass is 287 g/mol. The molecule has 0 saturated carbocycles. The molecule has 1 atom stereocenters. The lowest BCUT2D eigenvalue weighted by atomic mass is 10.2. The van der Waals surface area contributed by atoms with E-state index in [0.29, 0.717) is 0 Å². The number of hydrogen-bond donors (Lipinski definition) is 1. The number of carbonyl (C=O) groups excluding carboxylic acids is 1. The van der Waals surface area contributed by atoms with Gasteiger partial charge in [0.1, 0.15) is 12.8 Å². The van der Waals surface area contributed by atoms with E-state index in [1.165, 1.54) is 33.0 Å². The van der Waals surface area contributed by atoms with Gasteiger partial charge in [0.25, 0.3) is 0 Å². The van der Waals surface area contributed by atoms with E-state index in [0.717, 1.165) is 11.3 Å². The fraction of sp³-hybridized carbons (Fsp3) is 0.417.